The van der Waals surface area contributed by atoms with Crippen molar-refractivity contribution in [1.82, 2.24) is 14.9 Å². The Hall–Kier alpha value is -1.69. The molecule has 2 aromatic rings. The van der Waals surface area contributed by atoms with E-state index in [0.29, 0.717) is 21.6 Å². The average Bonchev–Trinajstić information content (AvgIpc) is 2.63. The van der Waals surface area contributed by atoms with Crippen molar-refractivity contribution in [3.8, 4) is 0 Å². The summed E-state index contributed by atoms with van der Waals surface area (Å²) in [7, 11) is 0. The zero-order chi connectivity index (χ0) is 15.0. The molecule has 0 aromatic carbocycles. The van der Waals surface area contributed by atoms with E-state index in [2.05, 4.69) is 10.3 Å². The molecule has 0 unspecified atom stereocenters. The molecule has 5 nitrogen and oxygen atoms in total. The Morgan fingerprint density at radius 1 is 1.38 bits per heavy atom. The van der Waals surface area contributed by atoms with Gasteiger partial charge < -0.3 is 5.32 Å². The van der Waals surface area contributed by atoms with Crippen molar-refractivity contribution in [2.45, 2.75) is 46.1 Å². The highest BCUT2D eigenvalue weighted by Gasteiger charge is 2.21. The first-order chi connectivity index (χ1) is 10.1. The van der Waals surface area contributed by atoms with Gasteiger partial charge in [-0.2, -0.15) is 0 Å². The van der Waals surface area contributed by atoms with Crippen LogP contribution in [0.25, 0.3) is 10.2 Å². The highest BCUT2D eigenvalue weighted by atomic mass is 32.1. The molecule has 0 saturated heterocycles. The Morgan fingerprint density at radius 3 is 2.95 bits per heavy atom. The van der Waals surface area contributed by atoms with E-state index in [-0.39, 0.29) is 11.5 Å². The molecule has 0 bridgehead atoms. The number of nitrogens with zero attached hydrogens (tertiary/aromatic N) is 2. The lowest BCUT2D eigenvalue weighted by molar-refractivity contribution is 0.0959. The maximum Gasteiger partial charge on any atom is 0.262 e. The number of rotatable bonds is 2. The summed E-state index contributed by atoms with van der Waals surface area (Å²) in [6, 6.07) is 0. The smallest absolute Gasteiger partial charge is 0.262 e. The van der Waals surface area contributed by atoms with Gasteiger partial charge in [-0.3, -0.25) is 14.2 Å². The SMILES string of the molecule is CCNC(=O)c1sc2nc3n(c(=O)c2c1C)CCCCC3. The summed E-state index contributed by atoms with van der Waals surface area (Å²) in [5.74, 6) is 0.756. The Labute approximate surface area is 127 Å². The predicted octanol–water partition coefficient (Wildman–Crippen LogP) is 2.24. The number of nitrogens with one attached hydrogen (secondary N) is 1. The van der Waals surface area contributed by atoms with Gasteiger partial charge in [-0.1, -0.05) is 6.42 Å². The predicted molar refractivity (Wildman–Crippen MR) is 84.2 cm³/mol. The molecule has 3 rings (SSSR count). The number of hydrogen-bond acceptors (Lipinski definition) is 4. The Morgan fingerprint density at radius 2 is 2.19 bits per heavy atom. The van der Waals surface area contributed by atoms with Gasteiger partial charge in [-0.15, -0.1) is 11.3 Å². The van der Waals surface area contributed by atoms with Crippen LogP contribution in [0.3, 0.4) is 0 Å². The van der Waals surface area contributed by atoms with E-state index >= 15 is 0 Å². The van der Waals surface area contributed by atoms with Gasteiger partial charge in [0, 0.05) is 19.5 Å². The summed E-state index contributed by atoms with van der Waals surface area (Å²) in [5, 5.41) is 3.41. The van der Waals surface area contributed by atoms with Gasteiger partial charge in [-0.25, -0.2) is 4.98 Å². The molecular formula is C15H19N3O2S. The summed E-state index contributed by atoms with van der Waals surface area (Å²) in [6.45, 7) is 5.05. The van der Waals surface area contributed by atoms with Crippen LogP contribution in [0.2, 0.25) is 0 Å². The van der Waals surface area contributed by atoms with Crippen LogP contribution in [0.5, 0.6) is 0 Å². The minimum atomic E-state index is -0.113. The van der Waals surface area contributed by atoms with Gasteiger partial charge in [0.1, 0.15) is 10.7 Å². The van der Waals surface area contributed by atoms with Crippen molar-refractivity contribution in [1.29, 1.82) is 0 Å². The zero-order valence-corrected chi connectivity index (χ0v) is 13.2. The number of carbonyl (C=O) groups is 1. The number of thiophene rings is 1. The molecule has 3 heterocycles. The maximum atomic E-state index is 12.7. The van der Waals surface area contributed by atoms with Crippen LogP contribution in [-0.4, -0.2) is 22.0 Å². The minimum absolute atomic E-state index is 0.0150. The van der Waals surface area contributed by atoms with Crippen molar-refractivity contribution in [3.63, 3.8) is 0 Å². The number of aryl methyl sites for hydroxylation is 2. The normalized spacial score (nSPS) is 14.8. The number of aromatic nitrogens is 2. The molecule has 6 heteroatoms. The third-order valence-electron chi connectivity index (χ3n) is 3.96. The standard InChI is InChI=1S/C15H19N3O2S/c1-3-16-13(19)12-9(2)11-14(21-12)17-10-7-5-4-6-8-18(10)15(11)20/h3-8H2,1-2H3,(H,16,19). The van der Waals surface area contributed by atoms with E-state index in [1.807, 2.05) is 13.8 Å². The lowest BCUT2D eigenvalue weighted by Gasteiger charge is -2.08. The fraction of sp³-hybridized carbons (Fsp3) is 0.533. The molecule has 0 spiro atoms. The fourth-order valence-electron chi connectivity index (χ4n) is 2.87. The summed E-state index contributed by atoms with van der Waals surface area (Å²) < 4.78 is 1.80. The third-order valence-corrected chi connectivity index (χ3v) is 5.14. The highest BCUT2D eigenvalue weighted by Crippen LogP contribution is 2.28. The van der Waals surface area contributed by atoms with Gasteiger partial charge >= 0.3 is 0 Å². The lowest BCUT2D eigenvalue weighted by atomic mass is 10.2. The molecule has 0 aliphatic carbocycles. The second kappa shape index (κ2) is 5.60. The molecule has 0 radical (unpaired) electrons. The van der Waals surface area contributed by atoms with Crippen molar-refractivity contribution >= 4 is 27.5 Å². The quantitative estimate of drug-likeness (QED) is 0.925. The van der Waals surface area contributed by atoms with E-state index in [1.54, 1.807) is 4.57 Å². The van der Waals surface area contributed by atoms with Crippen LogP contribution in [0.1, 0.15) is 47.2 Å². The summed E-state index contributed by atoms with van der Waals surface area (Å²) in [4.78, 5) is 30.8. The van der Waals surface area contributed by atoms with Crippen LogP contribution in [0.15, 0.2) is 4.79 Å². The zero-order valence-electron chi connectivity index (χ0n) is 12.4. The Kier molecular flexibility index (Phi) is 3.80. The van der Waals surface area contributed by atoms with Crippen molar-refractivity contribution in [2.75, 3.05) is 6.54 Å². The molecular weight excluding hydrogens is 286 g/mol. The number of carbonyl (C=O) groups excluding carboxylic acids is 1. The topological polar surface area (TPSA) is 64.0 Å². The van der Waals surface area contributed by atoms with Crippen molar-refractivity contribution < 1.29 is 4.79 Å². The van der Waals surface area contributed by atoms with Crippen LogP contribution in [0.4, 0.5) is 0 Å². The molecule has 0 fully saturated rings. The lowest BCUT2D eigenvalue weighted by Crippen LogP contribution is -2.25. The molecule has 1 N–H and O–H groups in total. The van der Waals surface area contributed by atoms with E-state index in [1.165, 1.54) is 11.3 Å². The first-order valence-electron chi connectivity index (χ1n) is 7.44. The minimum Gasteiger partial charge on any atom is -0.352 e. The van der Waals surface area contributed by atoms with Crippen molar-refractivity contribution in [2.24, 2.45) is 0 Å². The molecule has 1 aliphatic heterocycles. The van der Waals surface area contributed by atoms with Gasteiger partial charge in [0.25, 0.3) is 11.5 Å². The molecule has 112 valence electrons. The van der Waals surface area contributed by atoms with E-state index < -0.39 is 0 Å². The average molecular weight is 305 g/mol. The largest absolute Gasteiger partial charge is 0.352 e. The van der Waals surface area contributed by atoms with Crippen LogP contribution in [-0.2, 0) is 13.0 Å². The molecule has 1 aliphatic rings. The second-order valence-corrected chi connectivity index (χ2v) is 6.39. The van der Waals surface area contributed by atoms with Crippen molar-refractivity contribution in [3.05, 3.63) is 26.6 Å². The Balaban J connectivity index is 2.21. The van der Waals surface area contributed by atoms with E-state index in [4.69, 9.17) is 0 Å². The second-order valence-electron chi connectivity index (χ2n) is 5.39. The van der Waals surface area contributed by atoms with Crippen LogP contribution < -0.4 is 10.9 Å². The highest BCUT2D eigenvalue weighted by molar-refractivity contribution is 7.20. The number of hydrogen-bond donors (Lipinski definition) is 1. The maximum absolute atomic E-state index is 12.7. The van der Waals surface area contributed by atoms with Gasteiger partial charge in [0.2, 0.25) is 0 Å². The fourth-order valence-corrected chi connectivity index (χ4v) is 3.97. The monoisotopic (exact) mass is 305 g/mol. The van der Waals surface area contributed by atoms with Gasteiger partial charge in [0.05, 0.1) is 10.3 Å². The van der Waals surface area contributed by atoms with Crippen LogP contribution >= 0.6 is 11.3 Å². The summed E-state index contributed by atoms with van der Waals surface area (Å²) in [5.41, 5.74) is 0.777. The molecule has 2 aromatic heterocycles. The first-order valence-corrected chi connectivity index (χ1v) is 8.26. The number of amides is 1. The van der Waals surface area contributed by atoms with E-state index in [0.717, 1.165) is 43.6 Å². The first kappa shape index (κ1) is 14.3. The third kappa shape index (κ3) is 2.37. The molecule has 0 saturated carbocycles. The molecule has 21 heavy (non-hydrogen) atoms. The molecule has 1 amide bonds. The van der Waals surface area contributed by atoms with E-state index in [9.17, 15) is 9.59 Å². The van der Waals surface area contributed by atoms with Crippen LogP contribution in [0, 0.1) is 6.92 Å². The summed E-state index contributed by atoms with van der Waals surface area (Å²) >= 11 is 1.33. The molecule has 0 atom stereocenters. The number of fused-ring (bicyclic) bond motifs is 2. The van der Waals surface area contributed by atoms with Gasteiger partial charge in [-0.05, 0) is 32.3 Å². The Bertz CT molecular complexity index is 760. The summed E-state index contributed by atoms with van der Waals surface area (Å²) in [6.07, 6.45) is 4.08. The van der Waals surface area contributed by atoms with Gasteiger partial charge in [0.15, 0.2) is 0 Å².